The maximum Gasteiger partial charge on any atom is 0.320 e. The van der Waals surface area contributed by atoms with Gasteiger partial charge in [0.2, 0.25) is 0 Å². The van der Waals surface area contributed by atoms with Crippen molar-refractivity contribution in [3.63, 3.8) is 0 Å². The van der Waals surface area contributed by atoms with E-state index in [0.717, 1.165) is 38.6 Å². The molecule has 0 aliphatic rings. The van der Waals surface area contributed by atoms with Crippen molar-refractivity contribution in [2.75, 3.05) is 12.3 Å². The molecule has 0 aliphatic heterocycles. The zero-order valence-corrected chi connectivity index (χ0v) is 18.4. The van der Waals surface area contributed by atoms with E-state index in [1.54, 1.807) is 6.26 Å². The van der Waals surface area contributed by atoms with Gasteiger partial charge in [-0.1, -0.05) is 49.4 Å². The van der Waals surface area contributed by atoms with Crippen LogP contribution in [0.3, 0.4) is 0 Å². The number of ether oxygens (including phenoxy) is 1. The predicted octanol–water partition coefficient (Wildman–Crippen LogP) is 5.43. The number of fused-ring (bicyclic) bond motifs is 1. The fourth-order valence-corrected chi connectivity index (χ4v) is 3.61. The van der Waals surface area contributed by atoms with Gasteiger partial charge < -0.3 is 19.5 Å². The first-order valence-corrected chi connectivity index (χ1v) is 11.2. The van der Waals surface area contributed by atoms with E-state index >= 15 is 0 Å². The second kappa shape index (κ2) is 10.6. The van der Waals surface area contributed by atoms with Crippen LogP contribution in [0.1, 0.15) is 38.2 Å². The summed E-state index contributed by atoms with van der Waals surface area (Å²) in [5, 5.41) is 0. The minimum Gasteiger partial charge on any atom is -0.463 e. The Morgan fingerprint density at radius 3 is 2.69 bits per heavy atom. The largest absolute Gasteiger partial charge is 0.463 e. The highest BCUT2D eigenvalue weighted by atomic mass is 16.5. The molecule has 4 rings (SSSR count). The molecule has 0 amide bonds. The number of unbranched alkanes of at least 4 members (excludes halogenated alkanes) is 1. The monoisotopic (exact) mass is 431 g/mol. The number of benzene rings is 1. The van der Waals surface area contributed by atoms with E-state index < -0.39 is 0 Å². The van der Waals surface area contributed by atoms with Crippen LogP contribution in [0.5, 0.6) is 6.01 Å². The van der Waals surface area contributed by atoms with E-state index in [1.165, 1.54) is 5.56 Å². The molecule has 4 aromatic rings. The van der Waals surface area contributed by atoms with Crippen molar-refractivity contribution < 1.29 is 9.15 Å². The number of rotatable bonds is 11. The smallest absolute Gasteiger partial charge is 0.320 e. The fraction of sp³-hybridized carbons (Fsp3) is 0.320. The third-order valence-corrected chi connectivity index (χ3v) is 5.18. The molecular weight excluding hydrogens is 402 g/mol. The van der Waals surface area contributed by atoms with Gasteiger partial charge in [0.25, 0.3) is 0 Å². The molecule has 0 spiro atoms. The number of anilines is 1. The lowest BCUT2D eigenvalue weighted by Gasteiger charge is -2.08. The number of furan rings is 1. The zero-order valence-electron chi connectivity index (χ0n) is 18.4. The van der Waals surface area contributed by atoms with Gasteiger partial charge in [-0.3, -0.25) is 0 Å². The van der Waals surface area contributed by atoms with Crippen molar-refractivity contribution in [2.45, 2.75) is 45.6 Å². The maximum absolute atomic E-state index is 6.23. The van der Waals surface area contributed by atoms with Gasteiger partial charge in [0.05, 0.1) is 12.9 Å². The lowest BCUT2D eigenvalue weighted by Crippen LogP contribution is -2.07. The molecule has 7 heteroatoms. The Hall–Kier alpha value is -3.61. The highest BCUT2D eigenvalue weighted by Gasteiger charge is 2.19. The number of hydrogen-bond donors (Lipinski definition) is 1. The number of imidazole rings is 1. The van der Waals surface area contributed by atoms with Gasteiger partial charge in [0.1, 0.15) is 0 Å². The number of allylic oxidation sites excluding steroid dienone is 2. The molecule has 3 heterocycles. The molecule has 0 unspecified atom stereocenters. The molecule has 0 bridgehead atoms. The molecule has 7 nitrogen and oxygen atoms in total. The number of aryl methyl sites for hydroxylation is 2. The fourth-order valence-electron chi connectivity index (χ4n) is 3.61. The molecule has 0 saturated carbocycles. The Balaban J connectivity index is 1.53. The summed E-state index contributed by atoms with van der Waals surface area (Å²) in [4.78, 5) is 13.7. The first-order valence-electron chi connectivity index (χ1n) is 11.2. The summed E-state index contributed by atoms with van der Waals surface area (Å²) in [5.41, 5.74) is 8.75. The molecule has 0 atom stereocenters. The standard InChI is InChI=1S/C25H29N5O2/c1-2-3-4-5-9-16-30-23(20-15-11-17-31-20)27-21-22(26)28-25(29-24(21)30)32-18-10-14-19-12-7-6-8-13-19/h3-4,6-8,11-13,15,17H,2,5,9-10,14,16,18H2,1H3,(H2,26,28,29)/b4-3+. The molecule has 0 fully saturated rings. The lowest BCUT2D eigenvalue weighted by atomic mass is 10.1. The highest BCUT2D eigenvalue weighted by molar-refractivity contribution is 5.85. The lowest BCUT2D eigenvalue weighted by molar-refractivity contribution is 0.288. The Bertz CT molecular complexity index is 1150. The SMILES string of the molecule is CC/C=C/CCCn1c(-c2ccco2)nc2c(N)nc(OCCCc3ccccc3)nc21. The van der Waals surface area contributed by atoms with Crippen LogP contribution in [0.25, 0.3) is 22.7 Å². The summed E-state index contributed by atoms with van der Waals surface area (Å²) >= 11 is 0. The van der Waals surface area contributed by atoms with Crippen molar-refractivity contribution in [1.82, 2.24) is 19.5 Å². The topological polar surface area (TPSA) is 92.0 Å². The minimum atomic E-state index is 0.279. The zero-order chi connectivity index (χ0) is 22.2. The average Bonchev–Trinajstić information content (AvgIpc) is 3.46. The van der Waals surface area contributed by atoms with Crippen molar-refractivity contribution in [3.05, 3.63) is 66.4 Å². The summed E-state index contributed by atoms with van der Waals surface area (Å²) in [6.07, 6.45) is 10.8. The number of aromatic nitrogens is 4. The van der Waals surface area contributed by atoms with Crippen molar-refractivity contribution in [3.8, 4) is 17.6 Å². The molecule has 3 aromatic heterocycles. The Kier molecular flexibility index (Phi) is 7.17. The number of nitrogen functional groups attached to an aromatic ring is 1. The summed E-state index contributed by atoms with van der Waals surface area (Å²) in [6, 6.07) is 14.4. The first-order chi connectivity index (χ1) is 15.8. The molecule has 2 N–H and O–H groups in total. The molecule has 32 heavy (non-hydrogen) atoms. The van der Waals surface area contributed by atoms with Crippen molar-refractivity contribution in [2.24, 2.45) is 0 Å². The second-order valence-electron chi connectivity index (χ2n) is 7.59. The van der Waals surface area contributed by atoms with Gasteiger partial charge in [-0.2, -0.15) is 9.97 Å². The Morgan fingerprint density at radius 2 is 1.91 bits per heavy atom. The van der Waals surface area contributed by atoms with Gasteiger partial charge in [-0.25, -0.2) is 4.98 Å². The van der Waals surface area contributed by atoms with Gasteiger partial charge in [-0.05, 0) is 49.8 Å². The minimum absolute atomic E-state index is 0.279. The Morgan fingerprint density at radius 1 is 1.03 bits per heavy atom. The Labute approximate surface area is 188 Å². The number of hydrogen-bond acceptors (Lipinski definition) is 6. The van der Waals surface area contributed by atoms with Crippen LogP contribution in [-0.2, 0) is 13.0 Å². The molecule has 1 aromatic carbocycles. The summed E-state index contributed by atoms with van der Waals surface area (Å²) in [5.74, 6) is 1.69. The second-order valence-corrected chi connectivity index (χ2v) is 7.59. The number of nitrogens with zero attached hydrogens (tertiary/aromatic N) is 4. The average molecular weight is 432 g/mol. The summed E-state index contributed by atoms with van der Waals surface area (Å²) in [7, 11) is 0. The van der Waals surface area contributed by atoms with E-state index in [1.807, 2.05) is 34.9 Å². The van der Waals surface area contributed by atoms with Crippen LogP contribution in [0.2, 0.25) is 0 Å². The molecule has 0 aliphatic carbocycles. The quantitative estimate of drug-likeness (QED) is 0.252. The van der Waals surface area contributed by atoms with E-state index in [2.05, 4.69) is 41.2 Å². The molecule has 166 valence electrons. The van der Waals surface area contributed by atoms with Crippen molar-refractivity contribution in [1.29, 1.82) is 0 Å². The highest BCUT2D eigenvalue weighted by Crippen LogP contribution is 2.28. The predicted molar refractivity (Wildman–Crippen MR) is 126 cm³/mol. The van der Waals surface area contributed by atoms with E-state index in [9.17, 15) is 0 Å². The van der Waals surface area contributed by atoms with Gasteiger partial charge in [0.15, 0.2) is 28.6 Å². The van der Waals surface area contributed by atoms with E-state index in [0.29, 0.717) is 35.2 Å². The molecule has 0 saturated heterocycles. The molecule has 0 radical (unpaired) electrons. The van der Waals surface area contributed by atoms with Crippen LogP contribution in [0.4, 0.5) is 5.82 Å². The maximum atomic E-state index is 6.23. The third-order valence-electron chi connectivity index (χ3n) is 5.18. The van der Waals surface area contributed by atoms with Crippen LogP contribution >= 0.6 is 0 Å². The van der Waals surface area contributed by atoms with E-state index in [-0.39, 0.29) is 6.01 Å². The van der Waals surface area contributed by atoms with Gasteiger partial charge in [-0.15, -0.1) is 0 Å². The van der Waals surface area contributed by atoms with E-state index in [4.69, 9.17) is 19.9 Å². The first kappa shape index (κ1) is 21.6. The van der Waals surface area contributed by atoms with Crippen molar-refractivity contribution >= 4 is 17.0 Å². The van der Waals surface area contributed by atoms with Crippen LogP contribution in [0.15, 0.2) is 65.3 Å². The molecular formula is C25H29N5O2. The van der Waals surface area contributed by atoms with Crippen LogP contribution < -0.4 is 10.5 Å². The normalized spacial score (nSPS) is 11.5. The summed E-state index contributed by atoms with van der Waals surface area (Å²) in [6.45, 7) is 3.39. The summed E-state index contributed by atoms with van der Waals surface area (Å²) < 4.78 is 13.5. The van der Waals surface area contributed by atoms with Gasteiger partial charge in [0, 0.05) is 6.54 Å². The number of nitrogens with two attached hydrogens (primary N) is 1. The third kappa shape index (κ3) is 5.17. The van der Waals surface area contributed by atoms with Crippen LogP contribution in [-0.4, -0.2) is 26.1 Å². The van der Waals surface area contributed by atoms with Gasteiger partial charge >= 0.3 is 6.01 Å². The van der Waals surface area contributed by atoms with Crippen LogP contribution in [0, 0.1) is 0 Å².